The Morgan fingerprint density at radius 2 is 2.05 bits per heavy atom. The number of aliphatic carboxylic acids is 1. The Kier molecular flexibility index (Phi) is 6.82. The van der Waals surface area contributed by atoms with Crippen molar-refractivity contribution in [3.8, 4) is 5.88 Å². The molecular formula is C26H28FN5O5S. The Morgan fingerprint density at radius 1 is 1.26 bits per heavy atom. The van der Waals surface area contributed by atoms with E-state index in [0.29, 0.717) is 11.1 Å². The van der Waals surface area contributed by atoms with E-state index in [4.69, 9.17) is 4.74 Å². The Morgan fingerprint density at radius 3 is 2.82 bits per heavy atom. The number of ether oxygens (including phenoxy) is 1. The van der Waals surface area contributed by atoms with Crippen molar-refractivity contribution >= 4 is 27.8 Å². The van der Waals surface area contributed by atoms with E-state index in [1.165, 1.54) is 22.6 Å². The van der Waals surface area contributed by atoms with Gasteiger partial charge in [0.25, 0.3) is 0 Å². The Labute approximate surface area is 220 Å². The molecule has 1 aliphatic heterocycles. The molecule has 3 N–H and O–H groups in total. The third-order valence-electron chi connectivity index (χ3n) is 6.82. The van der Waals surface area contributed by atoms with Crippen LogP contribution in [0.4, 0.5) is 4.39 Å². The average molecular weight is 542 g/mol. The van der Waals surface area contributed by atoms with Gasteiger partial charge >= 0.3 is 5.97 Å². The standard InChI is InChI=1S/C26H28FN5O5S/c1-15-13-32(38(35,36)23-5-4-10-28-26(23)37-15)14-18-11-17(6-8-21(18)27)20(12-24(33)34)19-7-9-22-25(16(19)2)29-30-31(22)3/h4-11,15,20,35-36H,12-14H2,1-3H3,(H,33,34). The molecule has 0 bridgehead atoms. The number of hydrogen-bond acceptors (Lipinski definition) is 8. The summed E-state index contributed by atoms with van der Waals surface area (Å²) in [4.78, 5) is 16.1. The molecule has 0 saturated heterocycles. The van der Waals surface area contributed by atoms with E-state index in [2.05, 4.69) is 15.3 Å². The molecule has 0 aliphatic carbocycles. The van der Waals surface area contributed by atoms with Crippen molar-refractivity contribution in [1.82, 2.24) is 24.3 Å². The largest absolute Gasteiger partial charge is 0.481 e. The number of fused-ring (bicyclic) bond motifs is 2. The van der Waals surface area contributed by atoms with Crippen LogP contribution in [0.25, 0.3) is 11.0 Å². The lowest BCUT2D eigenvalue weighted by Crippen LogP contribution is -2.33. The van der Waals surface area contributed by atoms with E-state index in [0.717, 1.165) is 16.6 Å². The van der Waals surface area contributed by atoms with Gasteiger partial charge in [-0.2, -0.15) is 4.31 Å². The first kappa shape index (κ1) is 26.0. The number of aryl methyl sites for hydroxylation is 2. The number of nitrogens with zero attached hydrogens (tertiary/aromatic N) is 5. The van der Waals surface area contributed by atoms with Crippen LogP contribution in [0.1, 0.15) is 41.5 Å². The van der Waals surface area contributed by atoms with E-state index < -0.39 is 34.6 Å². The Bertz CT molecular complexity index is 1530. The summed E-state index contributed by atoms with van der Waals surface area (Å²) in [6.07, 6.45) is 0.841. The first-order valence-corrected chi connectivity index (χ1v) is 13.5. The summed E-state index contributed by atoms with van der Waals surface area (Å²) < 4.78 is 46.3. The molecule has 0 saturated carbocycles. The molecule has 2 atom stereocenters. The van der Waals surface area contributed by atoms with Crippen molar-refractivity contribution in [3.05, 3.63) is 76.7 Å². The number of hydrogen-bond donors (Lipinski definition) is 3. The van der Waals surface area contributed by atoms with E-state index in [1.54, 1.807) is 36.9 Å². The zero-order valence-corrected chi connectivity index (χ0v) is 21.9. The van der Waals surface area contributed by atoms with Gasteiger partial charge in [0, 0.05) is 31.3 Å². The number of halogens is 1. The fourth-order valence-corrected chi connectivity index (χ4v) is 6.53. The van der Waals surface area contributed by atoms with Crippen LogP contribution in [0.5, 0.6) is 5.88 Å². The quantitative estimate of drug-likeness (QED) is 0.317. The van der Waals surface area contributed by atoms with Crippen molar-refractivity contribution in [2.45, 2.75) is 43.7 Å². The number of carboxylic acids is 1. The van der Waals surface area contributed by atoms with Crippen molar-refractivity contribution < 1.29 is 28.1 Å². The second-order valence-corrected chi connectivity index (χ2v) is 11.4. The second-order valence-electron chi connectivity index (χ2n) is 9.44. The maximum Gasteiger partial charge on any atom is 0.304 e. The minimum atomic E-state index is -3.53. The summed E-state index contributed by atoms with van der Waals surface area (Å²) in [5.74, 6) is -2.00. The second kappa shape index (κ2) is 9.95. The molecule has 0 amide bonds. The predicted octanol–water partition coefficient (Wildman–Crippen LogP) is 4.73. The third-order valence-corrected chi connectivity index (χ3v) is 8.72. The first-order chi connectivity index (χ1) is 18.1. The molecule has 0 spiro atoms. The minimum Gasteiger partial charge on any atom is -0.481 e. The number of carbonyl (C=O) groups is 1. The van der Waals surface area contributed by atoms with Gasteiger partial charge in [0.15, 0.2) is 0 Å². The number of pyridine rings is 1. The van der Waals surface area contributed by atoms with Crippen molar-refractivity contribution in [3.63, 3.8) is 0 Å². The fraction of sp³-hybridized carbons (Fsp3) is 0.308. The van der Waals surface area contributed by atoms with Gasteiger partial charge in [-0.15, -0.1) is 15.9 Å². The smallest absolute Gasteiger partial charge is 0.304 e. The van der Waals surface area contributed by atoms with Crippen LogP contribution < -0.4 is 4.74 Å². The van der Waals surface area contributed by atoms with Gasteiger partial charge in [-0.1, -0.05) is 23.4 Å². The molecule has 1 aliphatic rings. The molecule has 4 aromatic rings. The average Bonchev–Trinajstić information content (AvgIpc) is 3.21. The normalized spacial score (nSPS) is 18.8. The fourth-order valence-electron chi connectivity index (χ4n) is 4.92. The van der Waals surface area contributed by atoms with E-state index >= 15 is 4.39 Å². The van der Waals surface area contributed by atoms with Gasteiger partial charge in [0.05, 0.1) is 18.5 Å². The summed E-state index contributed by atoms with van der Waals surface area (Å²) in [6.45, 7) is 3.62. The summed E-state index contributed by atoms with van der Waals surface area (Å²) in [6, 6.07) is 11.3. The Balaban J connectivity index is 1.54. The molecule has 0 fully saturated rings. The highest BCUT2D eigenvalue weighted by atomic mass is 32.3. The highest BCUT2D eigenvalue weighted by Crippen LogP contribution is 2.56. The molecule has 0 radical (unpaired) electrons. The monoisotopic (exact) mass is 541 g/mol. The summed E-state index contributed by atoms with van der Waals surface area (Å²) in [5, 5.41) is 18.0. The highest BCUT2D eigenvalue weighted by Gasteiger charge is 2.35. The maximum absolute atomic E-state index is 15.1. The van der Waals surface area contributed by atoms with Gasteiger partial charge in [-0.25, -0.2) is 14.1 Å². The molecule has 2 aromatic carbocycles. The van der Waals surface area contributed by atoms with Gasteiger partial charge in [-0.3, -0.25) is 13.9 Å². The SMILES string of the molecule is Cc1c(C(CC(=O)O)c2ccc(F)c(CN3CC(C)Oc4ncccc4S3(O)O)c2)ccc2c1nnn2C. The first-order valence-electron chi connectivity index (χ1n) is 12.0. The van der Waals surface area contributed by atoms with Crippen LogP contribution in [-0.4, -0.2) is 57.1 Å². The molecule has 3 heterocycles. The molecular weight excluding hydrogens is 513 g/mol. The summed E-state index contributed by atoms with van der Waals surface area (Å²) in [7, 11) is -1.75. The van der Waals surface area contributed by atoms with Crippen LogP contribution in [0.15, 0.2) is 53.6 Å². The lowest BCUT2D eigenvalue weighted by atomic mass is 9.85. The topological polar surface area (TPSA) is 134 Å². The summed E-state index contributed by atoms with van der Waals surface area (Å²) >= 11 is 0. The number of benzene rings is 2. The van der Waals surface area contributed by atoms with Crippen LogP contribution in [0, 0.1) is 12.7 Å². The lowest BCUT2D eigenvalue weighted by Gasteiger charge is -2.41. The van der Waals surface area contributed by atoms with Crippen molar-refractivity contribution in [1.29, 1.82) is 0 Å². The number of aromatic nitrogens is 4. The van der Waals surface area contributed by atoms with Crippen LogP contribution in [0.3, 0.4) is 0 Å². The molecule has 12 heteroatoms. The third kappa shape index (κ3) is 4.71. The van der Waals surface area contributed by atoms with Gasteiger partial charge in [0.2, 0.25) is 5.88 Å². The van der Waals surface area contributed by atoms with Crippen molar-refractivity contribution in [2.75, 3.05) is 6.54 Å². The van der Waals surface area contributed by atoms with E-state index in [1.807, 2.05) is 19.1 Å². The van der Waals surface area contributed by atoms with Crippen LogP contribution >= 0.6 is 10.8 Å². The van der Waals surface area contributed by atoms with Gasteiger partial charge in [0.1, 0.15) is 22.3 Å². The summed E-state index contributed by atoms with van der Waals surface area (Å²) in [5.41, 5.74) is 3.83. The van der Waals surface area contributed by atoms with Crippen molar-refractivity contribution in [2.24, 2.45) is 7.05 Å². The molecule has 10 nitrogen and oxygen atoms in total. The Hall–Kier alpha value is -3.58. The molecule has 2 unspecified atom stereocenters. The highest BCUT2D eigenvalue weighted by molar-refractivity contribution is 8.22. The maximum atomic E-state index is 15.1. The number of carboxylic acid groups (broad SMARTS) is 1. The molecule has 38 heavy (non-hydrogen) atoms. The minimum absolute atomic E-state index is 0.114. The molecule has 200 valence electrons. The van der Waals surface area contributed by atoms with Gasteiger partial charge < -0.3 is 9.84 Å². The van der Waals surface area contributed by atoms with Gasteiger partial charge in [-0.05, 0) is 54.8 Å². The van der Waals surface area contributed by atoms with E-state index in [9.17, 15) is 19.0 Å². The zero-order valence-electron chi connectivity index (χ0n) is 21.1. The lowest BCUT2D eigenvalue weighted by molar-refractivity contribution is -0.137. The molecule has 5 rings (SSSR count). The zero-order chi connectivity index (χ0) is 27.2. The number of rotatable bonds is 6. The van der Waals surface area contributed by atoms with Crippen LogP contribution in [0.2, 0.25) is 0 Å². The predicted molar refractivity (Wildman–Crippen MR) is 140 cm³/mol. The van der Waals surface area contributed by atoms with E-state index in [-0.39, 0.29) is 35.8 Å². The van der Waals surface area contributed by atoms with Crippen LogP contribution in [-0.2, 0) is 18.4 Å². The molecule has 2 aromatic heterocycles.